The number of nitrogens with one attached hydrogen (secondary N) is 1. The molecule has 1 aliphatic carbocycles. The van der Waals surface area contributed by atoms with Gasteiger partial charge in [0.15, 0.2) is 0 Å². The molecule has 0 aliphatic heterocycles. The maximum atomic E-state index is 12.4. The van der Waals surface area contributed by atoms with Gasteiger partial charge in [0.1, 0.15) is 12.4 Å². The van der Waals surface area contributed by atoms with Crippen LogP contribution < -0.4 is 11.1 Å². The average molecular weight is 329 g/mol. The van der Waals surface area contributed by atoms with Gasteiger partial charge in [0, 0.05) is 30.4 Å². The number of aromatic nitrogens is 3. The zero-order chi connectivity index (χ0) is 17.1. The molecule has 128 valence electrons. The lowest BCUT2D eigenvalue weighted by molar-refractivity contribution is -0.123. The van der Waals surface area contributed by atoms with Gasteiger partial charge in [-0.2, -0.15) is 5.10 Å². The third-order valence-corrected chi connectivity index (χ3v) is 4.45. The Morgan fingerprint density at radius 2 is 2.29 bits per heavy atom. The van der Waals surface area contributed by atoms with Crippen molar-refractivity contribution in [1.29, 1.82) is 0 Å². The number of aliphatic hydroxyl groups excluding tert-OH is 1. The number of carbonyl (C=O) groups is 1. The van der Waals surface area contributed by atoms with Crippen molar-refractivity contribution in [3.8, 4) is 0 Å². The summed E-state index contributed by atoms with van der Waals surface area (Å²) in [4.78, 5) is 16.7. The summed E-state index contributed by atoms with van der Waals surface area (Å²) in [6.07, 6.45) is 3.55. The summed E-state index contributed by atoms with van der Waals surface area (Å²) in [5, 5.41) is 16.9. The van der Waals surface area contributed by atoms with E-state index in [0.29, 0.717) is 25.1 Å². The van der Waals surface area contributed by atoms with E-state index >= 15 is 0 Å². The maximum absolute atomic E-state index is 12.4. The van der Waals surface area contributed by atoms with E-state index in [-0.39, 0.29) is 30.5 Å². The van der Waals surface area contributed by atoms with Crippen LogP contribution in [-0.2, 0) is 17.8 Å². The van der Waals surface area contributed by atoms with Crippen LogP contribution in [0.2, 0.25) is 0 Å². The monoisotopic (exact) mass is 329 g/mol. The Labute approximate surface area is 140 Å². The first-order valence-electron chi connectivity index (χ1n) is 8.18. The summed E-state index contributed by atoms with van der Waals surface area (Å²) in [6.45, 7) is 1.93. The Bertz CT molecular complexity index is 694. The number of nitrogen functional groups attached to an aromatic ring is 1. The quantitative estimate of drug-likeness (QED) is 0.722. The molecule has 0 radical (unpaired) electrons. The van der Waals surface area contributed by atoms with Crippen molar-refractivity contribution >= 4 is 11.7 Å². The van der Waals surface area contributed by atoms with Crippen LogP contribution in [0.1, 0.15) is 24.2 Å². The van der Waals surface area contributed by atoms with Gasteiger partial charge in [-0.3, -0.25) is 9.78 Å². The minimum absolute atomic E-state index is 0.0475. The molecule has 0 spiro atoms. The number of hydrogen-bond donors (Lipinski definition) is 3. The number of hydrogen-bond acceptors (Lipinski definition) is 5. The summed E-state index contributed by atoms with van der Waals surface area (Å²) >= 11 is 0. The Hall–Kier alpha value is -2.41. The molecule has 0 bridgehead atoms. The first-order valence-corrected chi connectivity index (χ1v) is 8.18. The fourth-order valence-electron chi connectivity index (χ4n) is 3.12. The summed E-state index contributed by atoms with van der Waals surface area (Å²) in [7, 11) is 0. The SMILES string of the molecule is Cc1cc(N)n(CC(=O)N[C@H](Cc2ccccn2)C2CC(O)C2)n1. The van der Waals surface area contributed by atoms with Crippen LogP contribution in [0.4, 0.5) is 5.82 Å². The molecule has 1 amide bonds. The average Bonchev–Trinajstić information content (AvgIpc) is 2.82. The standard InChI is InChI=1S/C17H23N5O2/c1-11-6-16(18)22(21-11)10-17(24)20-15(12-7-14(23)8-12)9-13-4-2-3-5-19-13/h2-6,12,14-15,23H,7-10,18H2,1H3,(H,20,24)/t12?,14?,15-/m1/s1. The van der Waals surface area contributed by atoms with Crippen molar-refractivity contribution in [1.82, 2.24) is 20.1 Å². The normalized spacial score (nSPS) is 21.1. The minimum atomic E-state index is -0.262. The van der Waals surface area contributed by atoms with Crippen LogP contribution in [-0.4, -0.2) is 37.9 Å². The van der Waals surface area contributed by atoms with Crippen LogP contribution >= 0.6 is 0 Å². The van der Waals surface area contributed by atoms with Crippen molar-refractivity contribution in [2.45, 2.75) is 44.9 Å². The highest BCUT2D eigenvalue weighted by Gasteiger charge is 2.35. The number of nitrogens with two attached hydrogens (primary N) is 1. The zero-order valence-corrected chi connectivity index (χ0v) is 13.7. The second-order valence-electron chi connectivity index (χ2n) is 6.45. The van der Waals surface area contributed by atoms with Gasteiger partial charge in [-0.15, -0.1) is 0 Å². The molecule has 0 unspecified atom stereocenters. The molecule has 7 heteroatoms. The first kappa shape index (κ1) is 16.4. The van der Waals surface area contributed by atoms with E-state index in [1.807, 2.05) is 25.1 Å². The molecule has 1 atom stereocenters. The molecule has 1 saturated carbocycles. The van der Waals surface area contributed by atoms with Crippen LogP contribution in [0.15, 0.2) is 30.5 Å². The van der Waals surface area contributed by atoms with Crippen LogP contribution in [0.5, 0.6) is 0 Å². The topological polar surface area (TPSA) is 106 Å². The lowest BCUT2D eigenvalue weighted by Crippen LogP contribution is -2.49. The molecule has 3 rings (SSSR count). The van der Waals surface area contributed by atoms with Gasteiger partial charge in [-0.05, 0) is 37.8 Å². The predicted molar refractivity (Wildman–Crippen MR) is 90.0 cm³/mol. The highest BCUT2D eigenvalue weighted by molar-refractivity contribution is 5.76. The number of pyridine rings is 1. The van der Waals surface area contributed by atoms with E-state index in [0.717, 1.165) is 11.4 Å². The van der Waals surface area contributed by atoms with Crippen molar-refractivity contribution in [2.24, 2.45) is 5.92 Å². The van der Waals surface area contributed by atoms with Gasteiger partial charge < -0.3 is 16.2 Å². The van der Waals surface area contributed by atoms with Crippen LogP contribution in [0.3, 0.4) is 0 Å². The van der Waals surface area contributed by atoms with E-state index < -0.39 is 0 Å². The Morgan fingerprint density at radius 3 is 2.88 bits per heavy atom. The summed E-state index contributed by atoms with van der Waals surface area (Å²) < 4.78 is 1.50. The summed E-state index contributed by atoms with van der Waals surface area (Å²) in [6, 6.07) is 7.44. The van der Waals surface area contributed by atoms with E-state index in [1.54, 1.807) is 12.3 Å². The predicted octanol–water partition coefficient (Wildman–Crippen LogP) is 0.667. The highest BCUT2D eigenvalue weighted by atomic mass is 16.3. The molecule has 4 N–H and O–H groups in total. The zero-order valence-electron chi connectivity index (χ0n) is 13.7. The lowest BCUT2D eigenvalue weighted by Gasteiger charge is -2.38. The molecule has 2 aromatic rings. The summed E-state index contributed by atoms with van der Waals surface area (Å²) in [5.74, 6) is 0.609. The van der Waals surface area contributed by atoms with Crippen LogP contribution in [0, 0.1) is 12.8 Å². The number of aryl methyl sites for hydroxylation is 1. The second-order valence-corrected chi connectivity index (χ2v) is 6.45. The third kappa shape index (κ3) is 3.91. The first-order chi connectivity index (χ1) is 11.5. The smallest absolute Gasteiger partial charge is 0.242 e. The number of anilines is 1. The molecule has 1 aliphatic rings. The molecule has 1 fully saturated rings. The van der Waals surface area contributed by atoms with Crippen molar-refractivity contribution in [3.63, 3.8) is 0 Å². The maximum Gasteiger partial charge on any atom is 0.242 e. The summed E-state index contributed by atoms with van der Waals surface area (Å²) in [5.41, 5.74) is 7.55. The van der Waals surface area contributed by atoms with Crippen molar-refractivity contribution in [2.75, 3.05) is 5.73 Å². The van der Waals surface area contributed by atoms with Gasteiger partial charge in [0.2, 0.25) is 5.91 Å². The van der Waals surface area contributed by atoms with Crippen molar-refractivity contribution in [3.05, 3.63) is 41.9 Å². The van der Waals surface area contributed by atoms with E-state index in [2.05, 4.69) is 15.4 Å². The third-order valence-electron chi connectivity index (χ3n) is 4.45. The Balaban J connectivity index is 1.64. The van der Waals surface area contributed by atoms with Gasteiger partial charge in [-0.1, -0.05) is 6.07 Å². The lowest BCUT2D eigenvalue weighted by atomic mass is 9.76. The number of amides is 1. The molecule has 24 heavy (non-hydrogen) atoms. The van der Waals surface area contributed by atoms with Gasteiger partial charge in [0.25, 0.3) is 0 Å². The molecule has 2 heterocycles. The molecule has 7 nitrogen and oxygen atoms in total. The van der Waals surface area contributed by atoms with Gasteiger partial charge in [-0.25, -0.2) is 4.68 Å². The van der Waals surface area contributed by atoms with Crippen molar-refractivity contribution < 1.29 is 9.90 Å². The molecule has 0 saturated heterocycles. The number of aliphatic hydroxyl groups is 1. The van der Waals surface area contributed by atoms with Crippen LogP contribution in [0.25, 0.3) is 0 Å². The Morgan fingerprint density at radius 1 is 1.50 bits per heavy atom. The van der Waals surface area contributed by atoms with E-state index in [1.165, 1.54) is 4.68 Å². The minimum Gasteiger partial charge on any atom is -0.393 e. The van der Waals surface area contributed by atoms with E-state index in [4.69, 9.17) is 5.73 Å². The fourth-order valence-corrected chi connectivity index (χ4v) is 3.12. The number of nitrogens with zero attached hydrogens (tertiary/aromatic N) is 3. The largest absolute Gasteiger partial charge is 0.393 e. The highest BCUT2D eigenvalue weighted by Crippen LogP contribution is 2.31. The fraction of sp³-hybridized carbons (Fsp3) is 0.471. The van der Waals surface area contributed by atoms with Gasteiger partial charge >= 0.3 is 0 Å². The molecule has 0 aromatic carbocycles. The van der Waals surface area contributed by atoms with Gasteiger partial charge in [0.05, 0.1) is 11.8 Å². The number of carbonyl (C=O) groups excluding carboxylic acids is 1. The van der Waals surface area contributed by atoms with E-state index in [9.17, 15) is 9.90 Å². The molecular weight excluding hydrogens is 306 g/mol. The molecular formula is C17H23N5O2. The number of rotatable bonds is 6. The second kappa shape index (κ2) is 7.00. The molecule has 2 aromatic heterocycles. The Kier molecular flexibility index (Phi) is 4.80.